The third-order valence-corrected chi connectivity index (χ3v) is 8.97. The van der Waals surface area contributed by atoms with E-state index in [1.165, 1.54) is 38.6 Å². The zero-order chi connectivity index (χ0) is 31.3. The number of unbranched alkanes of at least 4 members (excludes halogenated alkanes) is 1. The summed E-state index contributed by atoms with van der Waals surface area (Å²) in [4.78, 5) is 2.54. The van der Waals surface area contributed by atoms with Crippen LogP contribution in [0.2, 0.25) is 5.02 Å². The summed E-state index contributed by atoms with van der Waals surface area (Å²) in [7, 11) is 0. The van der Waals surface area contributed by atoms with Gasteiger partial charge < -0.3 is 35.5 Å². The molecule has 4 N–H and O–H groups in total. The Labute approximate surface area is 274 Å². The van der Waals surface area contributed by atoms with Crippen LogP contribution in [0.4, 0.5) is 5.69 Å². The van der Waals surface area contributed by atoms with E-state index in [-0.39, 0.29) is 25.9 Å². The van der Waals surface area contributed by atoms with Crippen LogP contribution in [-0.4, -0.2) is 61.7 Å². The van der Waals surface area contributed by atoms with Gasteiger partial charge in [-0.3, -0.25) is 0 Å². The number of nitrogens with zero attached hydrogens (tertiary/aromatic N) is 2. The van der Waals surface area contributed by atoms with Gasteiger partial charge in [0.15, 0.2) is 6.61 Å². The number of benzene rings is 3. The number of likely N-dealkylation sites (tertiary alicyclic amines) is 1. The van der Waals surface area contributed by atoms with E-state index >= 15 is 0 Å². The van der Waals surface area contributed by atoms with Crippen molar-refractivity contribution in [2.24, 2.45) is 0 Å². The number of nitrogens with one attached hydrogen (secondary N) is 3. The van der Waals surface area contributed by atoms with Crippen LogP contribution < -0.4 is 20.1 Å². The molecule has 0 bridgehead atoms. The lowest BCUT2D eigenvalue weighted by Gasteiger charge is -2.18. The number of nitriles is 1. The maximum atomic E-state index is 9.34. The van der Waals surface area contributed by atoms with Crippen molar-refractivity contribution in [2.75, 3.05) is 44.7 Å². The van der Waals surface area contributed by atoms with E-state index in [9.17, 15) is 5.11 Å². The first-order valence-corrected chi connectivity index (χ1v) is 16.3. The van der Waals surface area contributed by atoms with Crippen molar-refractivity contribution in [3.63, 3.8) is 0 Å². The molecule has 0 radical (unpaired) electrons. The predicted octanol–water partition coefficient (Wildman–Crippen LogP) is 7.01. The summed E-state index contributed by atoms with van der Waals surface area (Å²) in [6.07, 6.45) is 6.30. The third kappa shape index (κ3) is 9.19. The summed E-state index contributed by atoms with van der Waals surface area (Å²) in [5.74, 6) is 0.930. The maximum Gasteiger partial charge on any atom is 0.174 e. The average Bonchev–Trinajstić information content (AvgIpc) is 3.56. The average molecular weight is 683 g/mol. The number of halogens is 2. The molecule has 1 aliphatic heterocycles. The lowest BCUT2D eigenvalue weighted by molar-refractivity contribution is 0.250. The number of hydrogen-bond donors (Lipinski definition) is 4. The normalized spacial score (nSPS) is 13.8. The molecule has 44 heavy (non-hydrogen) atoms. The highest BCUT2D eigenvalue weighted by molar-refractivity contribution is 9.10. The van der Waals surface area contributed by atoms with E-state index in [1.54, 1.807) is 12.1 Å². The lowest BCUT2D eigenvalue weighted by Crippen LogP contribution is -2.28. The predicted molar refractivity (Wildman–Crippen MR) is 181 cm³/mol. The van der Waals surface area contributed by atoms with Crippen molar-refractivity contribution < 1.29 is 14.6 Å². The van der Waals surface area contributed by atoms with E-state index in [0.717, 1.165) is 57.5 Å². The Bertz CT molecular complexity index is 1440. The van der Waals surface area contributed by atoms with Crippen LogP contribution in [0.5, 0.6) is 11.5 Å². The van der Waals surface area contributed by atoms with Gasteiger partial charge in [0, 0.05) is 58.3 Å². The van der Waals surface area contributed by atoms with Gasteiger partial charge in [0.2, 0.25) is 0 Å². The zero-order valence-electron chi connectivity index (χ0n) is 25.2. The van der Waals surface area contributed by atoms with Crippen LogP contribution in [-0.2, 0) is 13.2 Å². The van der Waals surface area contributed by atoms with Gasteiger partial charge in [-0.15, -0.1) is 0 Å². The van der Waals surface area contributed by atoms with E-state index in [0.29, 0.717) is 23.1 Å². The lowest BCUT2D eigenvalue weighted by atomic mass is 9.97. The molecule has 0 aliphatic carbocycles. The van der Waals surface area contributed by atoms with Crippen LogP contribution in [0.15, 0.2) is 53.0 Å². The van der Waals surface area contributed by atoms with Crippen molar-refractivity contribution in [3.05, 3.63) is 74.7 Å². The number of hydrogen-bond acceptors (Lipinski definition) is 8. The van der Waals surface area contributed by atoms with Gasteiger partial charge in [-0.25, -0.2) is 0 Å². The molecule has 0 amide bonds. The molecule has 1 fully saturated rings. The van der Waals surface area contributed by atoms with Gasteiger partial charge in [-0.1, -0.05) is 41.9 Å². The first-order valence-electron chi connectivity index (χ1n) is 15.1. The second-order valence-electron chi connectivity index (χ2n) is 11.0. The molecule has 3 aromatic rings. The minimum absolute atomic E-state index is 0.00165. The van der Waals surface area contributed by atoms with Gasteiger partial charge in [-0.2, -0.15) is 5.26 Å². The van der Waals surface area contributed by atoms with Crippen LogP contribution in [0, 0.1) is 16.7 Å². The fraction of sp³-hybridized carbons (Fsp3) is 0.412. The van der Waals surface area contributed by atoms with E-state index < -0.39 is 0 Å². The fourth-order valence-electron chi connectivity index (χ4n) is 5.27. The molecule has 234 valence electrons. The third-order valence-electron chi connectivity index (χ3n) is 7.74. The summed E-state index contributed by atoms with van der Waals surface area (Å²) in [5, 5.41) is 33.8. The monoisotopic (exact) mass is 681 g/mol. The van der Waals surface area contributed by atoms with Crippen LogP contribution >= 0.6 is 27.5 Å². The highest BCUT2D eigenvalue weighted by Crippen LogP contribution is 2.37. The first-order chi connectivity index (χ1) is 21.4. The minimum atomic E-state index is -0.112. The summed E-state index contributed by atoms with van der Waals surface area (Å²) in [5.41, 5.74) is 5.39. The highest BCUT2D eigenvalue weighted by Gasteiger charge is 2.16. The van der Waals surface area contributed by atoms with Crippen LogP contribution in [0.25, 0.3) is 11.1 Å². The van der Waals surface area contributed by atoms with Gasteiger partial charge >= 0.3 is 0 Å². The largest absolute Gasteiger partial charge is 0.487 e. The Morgan fingerprint density at radius 2 is 1.86 bits per heavy atom. The summed E-state index contributed by atoms with van der Waals surface area (Å²) < 4.78 is 12.7. The molecule has 8 nitrogen and oxygen atoms in total. The molecule has 3 aromatic carbocycles. The Kier molecular flexibility index (Phi) is 13.3. The van der Waals surface area contributed by atoms with Crippen LogP contribution in [0.3, 0.4) is 0 Å². The molecule has 1 aliphatic rings. The van der Waals surface area contributed by atoms with E-state index in [2.05, 4.69) is 31.5 Å². The molecular formula is C34H41BrClN5O3. The Morgan fingerprint density at radius 3 is 2.61 bits per heavy atom. The van der Waals surface area contributed by atoms with E-state index in [4.69, 9.17) is 31.7 Å². The molecule has 1 heterocycles. The fourth-order valence-corrected chi connectivity index (χ4v) is 6.11. The van der Waals surface area contributed by atoms with Gasteiger partial charge in [0.05, 0.1) is 11.6 Å². The molecule has 10 heteroatoms. The topological polar surface area (TPSA) is 114 Å². The van der Waals surface area contributed by atoms with Crippen molar-refractivity contribution in [2.45, 2.75) is 51.8 Å². The second kappa shape index (κ2) is 17.4. The maximum absolute atomic E-state index is 9.34. The Balaban J connectivity index is 1.47. The number of aliphatic hydroxyl groups excluding tert-OH is 1. The first kappa shape index (κ1) is 33.8. The quantitative estimate of drug-likeness (QED) is 0.0895. The number of ether oxygens (including phenoxy) is 2. The standard InChI is InChI=1S/C34H41BrClN5O3/c1-24(22-42)40-21-26-18-30(36)33(19-32(26)43-17-12-37)44-23-25-8-6-10-28(34(25)35)27-9-7-11-31(29(27)20-38)39-13-2-3-14-41-15-4-5-16-41/h6-11,18-20,24,38-40,42H,2-5,13-17,21-23H2,1H3. The molecule has 4 rings (SSSR count). The van der Waals surface area contributed by atoms with Crippen LogP contribution in [0.1, 0.15) is 49.3 Å². The van der Waals surface area contributed by atoms with Crippen molar-refractivity contribution >= 4 is 39.4 Å². The summed E-state index contributed by atoms with van der Waals surface area (Å²) >= 11 is 10.4. The van der Waals surface area contributed by atoms with E-state index in [1.807, 2.05) is 49.4 Å². The smallest absolute Gasteiger partial charge is 0.174 e. The number of aliphatic hydroxyl groups is 1. The summed E-state index contributed by atoms with van der Waals surface area (Å²) in [6, 6.07) is 17.4. The minimum Gasteiger partial charge on any atom is -0.487 e. The second-order valence-corrected chi connectivity index (χ2v) is 12.2. The molecule has 1 atom stereocenters. The molecule has 0 aromatic heterocycles. The number of rotatable bonds is 17. The molecular weight excluding hydrogens is 642 g/mol. The summed E-state index contributed by atoms with van der Waals surface area (Å²) in [6.45, 7) is 6.89. The highest BCUT2D eigenvalue weighted by atomic mass is 79.9. The Hall–Kier alpha value is -3.13. The SMILES string of the molecule is CC(CO)NCc1cc(Cl)c(OCc2cccc(-c3cccc(NCCCCN4CCCC4)c3C=N)c2Br)cc1OCC#N. The van der Waals surface area contributed by atoms with Crippen molar-refractivity contribution in [3.8, 4) is 28.7 Å². The van der Waals surface area contributed by atoms with Crippen molar-refractivity contribution in [1.82, 2.24) is 10.2 Å². The molecule has 0 spiro atoms. The van der Waals surface area contributed by atoms with Gasteiger partial charge in [-0.05, 0) is 91.4 Å². The zero-order valence-corrected chi connectivity index (χ0v) is 27.5. The molecule has 0 saturated carbocycles. The van der Waals surface area contributed by atoms with Gasteiger partial charge in [0.25, 0.3) is 0 Å². The Morgan fingerprint density at radius 1 is 1.09 bits per heavy atom. The molecule has 1 saturated heterocycles. The van der Waals surface area contributed by atoms with Crippen molar-refractivity contribution in [1.29, 1.82) is 10.7 Å². The van der Waals surface area contributed by atoms with Gasteiger partial charge in [0.1, 0.15) is 24.2 Å². The number of anilines is 1. The molecule has 1 unspecified atom stereocenters.